The van der Waals surface area contributed by atoms with Crippen molar-refractivity contribution in [2.45, 2.75) is 45.1 Å². The largest absolute Gasteiger partial charge is 0.497 e. The molecule has 22 heavy (non-hydrogen) atoms. The molecule has 0 fully saturated rings. The molecule has 0 saturated heterocycles. The smallest absolute Gasteiger partial charge is 0.314 e. The second kappa shape index (κ2) is 6.03. The Kier molecular flexibility index (Phi) is 4.50. The van der Waals surface area contributed by atoms with Crippen molar-refractivity contribution in [1.82, 2.24) is 0 Å². The van der Waals surface area contributed by atoms with Crippen molar-refractivity contribution in [1.29, 1.82) is 0 Å². The van der Waals surface area contributed by atoms with Gasteiger partial charge in [-0.25, -0.2) is 0 Å². The van der Waals surface area contributed by atoms with Gasteiger partial charge in [0.05, 0.1) is 20.1 Å². The molecule has 1 aliphatic carbocycles. The average molecular weight is 304 g/mol. The molecule has 4 nitrogen and oxygen atoms in total. The molecule has 2 rings (SSSR count). The van der Waals surface area contributed by atoms with Gasteiger partial charge in [-0.15, -0.1) is 0 Å². The number of benzene rings is 1. The van der Waals surface area contributed by atoms with Gasteiger partial charge in [0.25, 0.3) is 0 Å². The molecule has 0 aliphatic heterocycles. The van der Waals surface area contributed by atoms with E-state index in [1.165, 1.54) is 0 Å². The standard InChI is InChI=1S/C18H24O4/c1-11-7-14-13(9-12(20-5)10-16(14)21-6)15(8-11)17(19)22-18(2,3)4/h9-10,15H,1,7-8H2,2-6H3. The minimum Gasteiger partial charge on any atom is -0.497 e. The molecule has 0 aromatic heterocycles. The van der Waals surface area contributed by atoms with Gasteiger partial charge in [-0.3, -0.25) is 4.79 Å². The molecular formula is C18H24O4. The summed E-state index contributed by atoms with van der Waals surface area (Å²) >= 11 is 0. The molecule has 0 amide bonds. The predicted octanol–water partition coefficient (Wildman–Crippen LogP) is 3.63. The Hall–Kier alpha value is -1.97. The van der Waals surface area contributed by atoms with Crippen LogP contribution in [0, 0.1) is 0 Å². The van der Waals surface area contributed by atoms with Crippen molar-refractivity contribution in [3.05, 3.63) is 35.4 Å². The Morgan fingerprint density at radius 1 is 1.23 bits per heavy atom. The van der Waals surface area contributed by atoms with Crippen LogP contribution in [0.5, 0.6) is 11.5 Å². The summed E-state index contributed by atoms with van der Waals surface area (Å²) in [5.41, 5.74) is 2.40. The van der Waals surface area contributed by atoms with Crippen LogP contribution in [0.4, 0.5) is 0 Å². The molecule has 0 radical (unpaired) electrons. The predicted molar refractivity (Wildman–Crippen MR) is 85.6 cm³/mol. The zero-order chi connectivity index (χ0) is 16.5. The number of carbonyl (C=O) groups excluding carboxylic acids is 1. The van der Waals surface area contributed by atoms with Crippen LogP contribution in [0.1, 0.15) is 44.2 Å². The van der Waals surface area contributed by atoms with Crippen molar-refractivity contribution in [3.8, 4) is 11.5 Å². The van der Waals surface area contributed by atoms with Gasteiger partial charge in [0.2, 0.25) is 0 Å². The summed E-state index contributed by atoms with van der Waals surface area (Å²) in [4.78, 5) is 12.6. The van der Waals surface area contributed by atoms with Crippen LogP contribution in [0.3, 0.4) is 0 Å². The number of hydrogen-bond acceptors (Lipinski definition) is 4. The van der Waals surface area contributed by atoms with E-state index in [9.17, 15) is 4.79 Å². The second-order valence-corrected chi connectivity index (χ2v) is 6.61. The number of fused-ring (bicyclic) bond motifs is 1. The van der Waals surface area contributed by atoms with Crippen LogP contribution < -0.4 is 9.47 Å². The summed E-state index contributed by atoms with van der Waals surface area (Å²) in [7, 11) is 3.22. The highest BCUT2D eigenvalue weighted by molar-refractivity contribution is 5.81. The number of hydrogen-bond donors (Lipinski definition) is 0. The van der Waals surface area contributed by atoms with Crippen LogP contribution >= 0.6 is 0 Å². The van der Waals surface area contributed by atoms with E-state index in [1.807, 2.05) is 32.9 Å². The van der Waals surface area contributed by atoms with Crippen LogP contribution in [-0.2, 0) is 16.0 Å². The molecule has 0 bridgehead atoms. The van der Waals surface area contributed by atoms with Gasteiger partial charge >= 0.3 is 5.97 Å². The minimum absolute atomic E-state index is 0.232. The van der Waals surface area contributed by atoms with Crippen LogP contribution in [0.15, 0.2) is 24.3 Å². The lowest BCUT2D eigenvalue weighted by Gasteiger charge is -2.30. The van der Waals surface area contributed by atoms with Crippen molar-refractivity contribution < 1.29 is 19.0 Å². The monoisotopic (exact) mass is 304 g/mol. The molecule has 1 aromatic carbocycles. The molecule has 1 aromatic rings. The second-order valence-electron chi connectivity index (χ2n) is 6.61. The topological polar surface area (TPSA) is 44.8 Å². The van der Waals surface area contributed by atoms with E-state index in [4.69, 9.17) is 14.2 Å². The Labute approximate surface area is 132 Å². The highest BCUT2D eigenvalue weighted by Gasteiger charge is 2.33. The number of rotatable bonds is 3. The quantitative estimate of drug-likeness (QED) is 0.632. The van der Waals surface area contributed by atoms with E-state index >= 15 is 0 Å². The fraction of sp³-hybridized carbons (Fsp3) is 0.500. The highest BCUT2D eigenvalue weighted by Crippen LogP contribution is 2.42. The summed E-state index contributed by atoms with van der Waals surface area (Å²) in [6.07, 6.45) is 1.31. The van der Waals surface area contributed by atoms with Gasteiger partial charge in [-0.1, -0.05) is 12.2 Å². The molecule has 0 spiro atoms. The number of esters is 1. The summed E-state index contributed by atoms with van der Waals surface area (Å²) in [5.74, 6) is 0.810. The van der Waals surface area contributed by atoms with E-state index in [0.29, 0.717) is 18.6 Å². The molecule has 0 heterocycles. The SMILES string of the molecule is C=C1Cc2c(OC)cc(OC)cc2C(C(=O)OC(C)(C)C)C1. The number of allylic oxidation sites excluding steroid dienone is 1. The molecule has 120 valence electrons. The number of carbonyl (C=O) groups is 1. The third-order valence-electron chi connectivity index (χ3n) is 3.66. The van der Waals surface area contributed by atoms with E-state index in [2.05, 4.69) is 6.58 Å². The van der Waals surface area contributed by atoms with Gasteiger partial charge in [-0.05, 0) is 45.2 Å². The Balaban J connectivity index is 2.48. The zero-order valence-electron chi connectivity index (χ0n) is 14.0. The van der Waals surface area contributed by atoms with Crippen molar-refractivity contribution >= 4 is 5.97 Å². The highest BCUT2D eigenvalue weighted by atomic mass is 16.6. The van der Waals surface area contributed by atoms with Crippen molar-refractivity contribution in [2.24, 2.45) is 0 Å². The van der Waals surface area contributed by atoms with Crippen LogP contribution in [0.25, 0.3) is 0 Å². The van der Waals surface area contributed by atoms with Gasteiger partial charge in [0, 0.05) is 11.6 Å². The maximum atomic E-state index is 12.6. The number of ether oxygens (including phenoxy) is 3. The van der Waals surface area contributed by atoms with Crippen LogP contribution in [0.2, 0.25) is 0 Å². The summed E-state index contributed by atoms with van der Waals surface area (Å²) in [6, 6.07) is 3.74. The summed E-state index contributed by atoms with van der Waals surface area (Å²) in [6.45, 7) is 9.68. The van der Waals surface area contributed by atoms with Crippen LogP contribution in [-0.4, -0.2) is 25.8 Å². The van der Waals surface area contributed by atoms with Gasteiger partial charge in [0.15, 0.2) is 0 Å². The fourth-order valence-corrected chi connectivity index (χ4v) is 2.74. The first-order valence-corrected chi connectivity index (χ1v) is 7.39. The van der Waals surface area contributed by atoms with E-state index < -0.39 is 5.60 Å². The maximum Gasteiger partial charge on any atom is 0.314 e. The zero-order valence-corrected chi connectivity index (χ0v) is 14.0. The fourth-order valence-electron chi connectivity index (χ4n) is 2.74. The summed E-state index contributed by atoms with van der Waals surface area (Å²) < 4.78 is 16.4. The average Bonchev–Trinajstić information content (AvgIpc) is 2.43. The van der Waals surface area contributed by atoms with E-state index in [-0.39, 0.29) is 11.9 Å². The van der Waals surface area contributed by atoms with Gasteiger partial charge < -0.3 is 14.2 Å². The molecule has 1 atom stereocenters. The summed E-state index contributed by atoms with van der Waals surface area (Å²) in [5, 5.41) is 0. The first-order chi connectivity index (χ1) is 10.2. The third kappa shape index (κ3) is 3.43. The first kappa shape index (κ1) is 16.4. The maximum absolute atomic E-state index is 12.6. The molecule has 1 unspecified atom stereocenters. The van der Waals surface area contributed by atoms with Gasteiger partial charge in [-0.2, -0.15) is 0 Å². The normalized spacial score (nSPS) is 17.7. The first-order valence-electron chi connectivity index (χ1n) is 7.39. The lowest BCUT2D eigenvalue weighted by molar-refractivity contribution is -0.156. The molecule has 1 aliphatic rings. The van der Waals surface area contributed by atoms with Crippen molar-refractivity contribution in [2.75, 3.05) is 14.2 Å². The molecule has 0 N–H and O–H groups in total. The molecule has 0 saturated carbocycles. The van der Waals surface area contributed by atoms with Gasteiger partial charge in [0.1, 0.15) is 17.1 Å². The van der Waals surface area contributed by atoms with E-state index in [0.717, 1.165) is 22.4 Å². The lowest BCUT2D eigenvalue weighted by atomic mass is 9.80. The molecule has 4 heteroatoms. The number of methoxy groups -OCH3 is 2. The minimum atomic E-state index is -0.515. The van der Waals surface area contributed by atoms with E-state index in [1.54, 1.807) is 14.2 Å². The van der Waals surface area contributed by atoms with Crippen molar-refractivity contribution in [3.63, 3.8) is 0 Å². The Bertz CT molecular complexity index is 596. The third-order valence-corrected chi connectivity index (χ3v) is 3.66. The molecular weight excluding hydrogens is 280 g/mol. The lowest BCUT2D eigenvalue weighted by Crippen LogP contribution is -2.30. The Morgan fingerprint density at radius 2 is 1.91 bits per heavy atom. The Morgan fingerprint density at radius 3 is 2.45 bits per heavy atom.